The third-order valence-electron chi connectivity index (χ3n) is 7.05. The first-order valence-corrected chi connectivity index (χ1v) is 11.8. The van der Waals surface area contributed by atoms with E-state index in [9.17, 15) is 19.5 Å². The molecule has 0 spiro atoms. The molecule has 0 saturated carbocycles. The van der Waals surface area contributed by atoms with E-state index < -0.39 is 30.3 Å². The molecular formula is C26H28N2O6. The zero-order valence-electron chi connectivity index (χ0n) is 18.8. The Morgan fingerprint density at radius 2 is 1.68 bits per heavy atom. The molecule has 178 valence electrons. The number of benzene rings is 2. The molecule has 2 heterocycles. The predicted molar refractivity (Wildman–Crippen MR) is 123 cm³/mol. The minimum Gasteiger partial charge on any atom is -0.480 e. The largest absolute Gasteiger partial charge is 0.480 e. The van der Waals surface area contributed by atoms with Gasteiger partial charge >= 0.3 is 12.1 Å². The molecule has 3 atom stereocenters. The van der Waals surface area contributed by atoms with Gasteiger partial charge in [0.15, 0.2) is 6.10 Å². The van der Waals surface area contributed by atoms with Crippen LogP contribution in [0.15, 0.2) is 48.5 Å². The summed E-state index contributed by atoms with van der Waals surface area (Å²) in [6.07, 6.45) is 0.911. The van der Waals surface area contributed by atoms with Crippen LogP contribution in [0.5, 0.6) is 0 Å². The lowest BCUT2D eigenvalue weighted by molar-refractivity contribution is -0.157. The smallest absolute Gasteiger partial charge is 0.407 e. The van der Waals surface area contributed by atoms with Gasteiger partial charge in [-0.05, 0) is 47.9 Å². The van der Waals surface area contributed by atoms with Crippen molar-refractivity contribution < 1.29 is 29.0 Å². The number of carboxylic acids is 1. The van der Waals surface area contributed by atoms with Crippen molar-refractivity contribution in [1.82, 2.24) is 10.2 Å². The fraction of sp³-hybridized carbons (Fsp3) is 0.423. The molecule has 0 bridgehead atoms. The van der Waals surface area contributed by atoms with Gasteiger partial charge < -0.3 is 24.8 Å². The zero-order chi connectivity index (χ0) is 23.7. The molecule has 1 aliphatic carbocycles. The molecule has 2 amide bonds. The molecule has 3 aliphatic rings. The standard InChI is InChI=1S/C26H28N2O6/c29-24(28-13-6-5-11-22(28)25(30)31)23-21(12-14-33-23)27-26(32)34-15-20-18-9-3-1-7-16(18)17-8-2-4-10-19(17)20/h1-4,7-10,20-23H,5-6,11-15H2,(H,27,32)(H,30,31). The van der Waals surface area contributed by atoms with Crippen LogP contribution in [0.4, 0.5) is 4.79 Å². The number of amides is 2. The Bertz CT molecular complexity index is 1060. The summed E-state index contributed by atoms with van der Waals surface area (Å²) < 4.78 is 11.2. The van der Waals surface area contributed by atoms with Crippen LogP contribution in [0.1, 0.15) is 42.7 Å². The Morgan fingerprint density at radius 1 is 1.00 bits per heavy atom. The van der Waals surface area contributed by atoms with Gasteiger partial charge in [-0.1, -0.05) is 48.5 Å². The Hall–Kier alpha value is -3.39. The topological polar surface area (TPSA) is 105 Å². The van der Waals surface area contributed by atoms with Crippen molar-refractivity contribution in [1.29, 1.82) is 0 Å². The molecule has 2 N–H and O–H groups in total. The summed E-state index contributed by atoms with van der Waals surface area (Å²) in [7, 11) is 0. The molecule has 0 radical (unpaired) electrons. The van der Waals surface area contributed by atoms with Crippen LogP contribution in [0.2, 0.25) is 0 Å². The second kappa shape index (κ2) is 9.46. The molecule has 2 aliphatic heterocycles. The van der Waals surface area contributed by atoms with Gasteiger partial charge in [-0.15, -0.1) is 0 Å². The number of hydrogen-bond acceptors (Lipinski definition) is 5. The zero-order valence-corrected chi connectivity index (χ0v) is 18.8. The van der Waals surface area contributed by atoms with E-state index in [1.807, 2.05) is 24.3 Å². The molecule has 8 heteroatoms. The van der Waals surface area contributed by atoms with Gasteiger partial charge in [-0.25, -0.2) is 9.59 Å². The summed E-state index contributed by atoms with van der Waals surface area (Å²) in [6.45, 7) is 0.878. The quantitative estimate of drug-likeness (QED) is 0.704. The van der Waals surface area contributed by atoms with Gasteiger partial charge in [0, 0.05) is 19.1 Å². The number of likely N-dealkylation sites (tertiary alicyclic amines) is 1. The summed E-state index contributed by atoms with van der Waals surface area (Å²) in [5.41, 5.74) is 4.55. The molecule has 8 nitrogen and oxygen atoms in total. The summed E-state index contributed by atoms with van der Waals surface area (Å²) >= 11 is 0. The highest BCUT2D eigenvalue weighted by atomic mass is 16.6. The van der Waals surface area contributed by atoms with Crippen LogP contribution in [0.25, 0.3) is 11.1 Å². The maximum absolute atomic E-state index is 13.1. The van der Waals surface area contributed by atoms with Gasteiger partial charge in [0.2, 0.25) is 0 Å². The van der Waals surface area contributed by atoms with Crippen molar-refractivity contribution in [3.8, 4) is 11.1 Å². The normalized spacial score (nSPS) is 23.8. The lowest BCUT2D eigenvalue weighted by atomic mass is 9.98. The van der Waals surface area contributed by atoms with Crippen molar-refractivity contribution >= 4 is 18.0 Å². The predicted octanol–water partition coefficient (Wildman–Crippen LogP) is 3.15. The van der Waals surface area contributed by atoms with E-state index in [0.29, 0.717) is 26.0 Å². The highest BCUT2D eigenvalue weighted by Crippen LogP contribution is 2.44. The molecule has 0 aromatic heterocycles. The molecule has 2 aromatic carbocycles. The van der Waals surface area contributed by atoms with Crippen molar-refractivity contribution in [3.63, 3.8) is 0 Å². The van der Waals surface area contributed by atoms with Gasteiger partial charge in [0.1, 0.15) is 12.6 Å². The average molecular weight is 465 g/mol. The minimum absolute atomic E-state index is 0.0555. The molecule has 34 heavy (non-hydrogen) atoms. The number of nitrogens with one attached hydrogen (secondary N) is 1. The maximum atomic E-state index is 13.1. The lowest BCUT2D eigenvalue weighted by Crippen LogP contribution is -2.55. The van der Waals surface area contributed by atoms with Crippen LogP contribution in [0, 0.1) is 0 Å². The molecule has 3 unspecified atom stereocenters. The van der Waals surface area contributed by atoms with E-state index in [2.05, 4.69) is 29.6 Å². The Kier molecular flexibility index (Phi) is 6.24. The number of carboxylic acid groups (broad SMARTS) is 1. The van der Waals surface area contributed by atoms with Crippen molar-refractivity contribution in [2.24, 2.45) is 0 Å². The van der Waals surface area contributed by atoms with E-state index in [0.717, 1.165) is 35.1 Å². The van der Waals surface area contributed by atoms with Gasteiger partial charge in [0.05, 0.1) is 6.04 Å². The van der Waals surface area contributed by atoms with Crippen molar-refractivity contribution in [3.05, 3.63) is 59.7 Å². The van der Waals surface area contributed by atoms with Gasteiger partial charge in [0.25, 0.3) is 5.91 Å². The SMILES string of the molecule is O=C(NC1CCOC1C(=O)N1CCCCC1C(=O)O)OCC1c2ccccc2-c2ccccc21. The minimum atomic E-state index is -1.01. The van der Waals surface area contributed by atoms with Crippen LogP contribution in [0.3, 0.4) is 0 Å². The second-order valence-corrected chi connectivity index (χ2v) is 9.04. The number of rotatable bonds is 5. The Morgan fingerprint density at radius 3 is 2.35 bits per heavy atom. The van der Waals surface area contributed by atoms with Crippen molar-refractivity contribution in [2.45, 2.75) is 49.8 Å². The fourth-order valence-corrected chi connectivity index (χ4v) is 5.39. The number of fused-ring (bicyclic) bond motifs is 3. The summed E-state index contributed by atoms with van der Waals surface area (Å²) in [5, 5.41) is 12.3. The van der Waals surface area contributed by atoms with E-state index >= 15 is 0 Å². The van der Waals surface area contributed by atoms with Gasteiger partial charge in [-0.2, -0.15) is 0 Å². The first-order chi connectivity index (χ1) is 16.5. The van der Waals surface area contributed by atoms with Crippen molar-refractivity contribution in [2.75, 3.05) is 19.8 Å². The highest BCUT2D eigenvalue weighted by molar-refractivity contribution is 5.88. The highest BCUT2D eigenvalue weighted by Gasteiger charge is 2.42. The van der Waals surface area contributed by atoms with E-state index in [1.54, 1.807) is 0 Å². The molecule has 2 aromatic rings. The monoisotopic (exact) mass is 464 g/mol. The van der Waals surface area contributed by atoms with Gasteiger partial charge in [-0.3, -0.25) is 4.79 Å². The van der Waals surface area contributed by atoms with E-state index in [-0.39, 0.29) is 18.4 Å². The molecule has 2 saturated heterocycles. The number of hydrogen-bond donors (Lipinski definition) is 2. The lowest BCUT2D eigenvalue weighted by Gasteiger charge is -2.35. The molecule has 2 fully saturated rings. The van der Waals surface area contributed by atoms with Crippen LogP contribution in [-0.2, 0) is 19.1 Å². The van der Waals surface area contributed by atoms with Crippen LogP contribution >= 0.6 is 0 Å². The number of nitrogens with zero attached hydrogens (tertiary/aromatic N) is 1. The second-order valence-electron chi connectivity index (χ2n) is 9.04. The number of ether oxygens (including phenoxy) is 2. The van der Waals surface area contributed by atoms with E-state index in [4.69, 9.17) is 9.47 Å². The third kappa shape index (κ3) is 4.14. The summed E-state index contributed by atoms with van der Waals surface area (Å²) in [5.74, 6) is -1.44. The third-order valence-corrected chi connectivity index (χ3v) is 7.05. The Labute approximate surface area is 197 Å². The summed E-state index contributed by atoms with van der Waals surface area (Å²) in [6, 6.07) is 14.8. The number of carbonyl (C=O) groups is 3. The first-order valence-electron chi connectivity index (χ1n) is 11.8. The number of carbonyl (C=O) groups excluding carboxylic acids is 2. The Balaban J connectivity index is 1.23. The maximum Gasteiger partial charge on any atom is 0.407 e. The van der Waals surface area contributed by atoms with Crippen LogP contribution in [-0.4, -0.2) is 65.9 Å². The average Bonchev–Trinajstić information content (AvgIpc) is 3.44. The number of aliphatic carboxylic acids is 1. The first kappa shape index (κ1) is 22.4. The number of alkyl carbamates (subject to hydrolysis) is 1. The van der Waals surface area contributed by atoms with E-state index in [1.165, 1.54) is 4.90 Å². The molecular weight excluding hydrogens is 436 g/mol. The van der Waals surface area contributed by atoms with Crippen LogP contribution < -0.4 is 5.32 Å². The summed E-state index contributed by atoms with van der Waals surface area (Å²) in [4.78, 5) is 38.8. The number of piperidine rings is 1. The molecule has 5 rings (SSSR count). The fourth-order valence-electron chi connectivity index (χ4n) is 5.39.